The molecule has 3 atom stereocenters. The lowest BCUT2D eigenvalue weighted by molar-refractivity contribution is -0.0533. The number of benzene rings is 2. The largest absolute Gasteiger partial charge is 0.494 e. The number of hydrogen-bond donors (Lipinski definition) is 3. The average molecular weight is 441 g/mol. The Hall–Kier alpha value is -2.94. The van der Waals surface area contributed by atoms with Gasteiger partial charge in [-0.05, 0) is 30.2 Å². The van der Waals surface area contributed by atoms with Crippen molar-refractivity contribution >= 4 is 0 Å². The first-order chi connectivity index (χ1) is 15.4. The molecular formula is C24H25F2N3O3. The Bertz CT molecular complexity index is 1110. The summed E-state index contributed by atoms with van der Waals surface area (Å²) < 4.78 is 35.2. The van der Waals surface area contributed by atoms with Gasteiger partial charge in [0.05, 0.1) is 13.2 Å². The molecule has 3 unspecified atom stereocenters. The second kappa shape index (κ2) is 8.20. The molecule has 5 rings (SSSR count). The van der Waals surface area contributed by atoms with E-state index in [9.17, 15) is 19.0 Å². The Kier molecular flexibility index (Phi) is 5.36. The summed E-state index contributed by atoms with van der Waals surface area (Å²) in [4.78, 5) is 2.09. The zero-order valence-electron chi connectivity index (χ0n) is 17.4. The Morgan fingerprint density at radius 2 is 1.69 bits per heavy atom. The maximum atomic E-state index is 14.2. The first kappa shape index (κ1) is 20.9. The number of fused-ring (bicyclic) bond motifs is 1. The highest BCUT2D eigenvalue weighted by molar-refractivity contribution is 5.48. The van der Waals surface area contributed by atoms with Crippen LogP contribution in [0.15, 0.2) is 48.5 Å². The Labute approximate surface area is 184 Å². The van der Waals surface area contributed by atoms with Crippen molar-refractivity contribution in [2.45, 2.75) is 44.2 Å². The minimum atomic E-state index is -0.717. The van der Waals surface area contributed by atoms with Gasteiger partial charge in [0.2, 0.25) is 0 Å². The molecule has 32 heavy (non-hydrogen) atoms. The Balaban J connectivity index is 1.29. The molecule has 2 aromatic carbocycles. The third-order valence-corrected chi connectivity index (χ3v) is 6.50. The minimum absolute atomic E-state index is 0.0598. The van der Waals surface area contributed by atoms with Crippen LogP contribution in [0, 0.1) is 11.6 Å². The van der Waals surface area contributed by atoms with E-state index in [1.807, 2.05) is 30.3 Å². The quantitative estimate of drug-likeness (QED) is 0.578. The molecule has 0 amide bonds. The average Bonchev–Trinajstić information content (AvgIpc) is 3.32. The summed E-state index contributed by atoms with van der Waals surface area (Å²) in [5.41, 5.74) is 8.80. The van der Waals surface area contributed by atoms with E-state index in [1.165, 1.54) is 4.57 Å². The summed E-state index contributed by atoms with van der Waals surface area (Å²) in [6.07, 6.45) is -0.193. The summed E-state index contributed by atoms with van der Waals surface area (Å²) in [5.74, 6) is -0.949. The molecule has 0 radical (unpaired) electrons. The predicted molar refractivity (Wildman–Crippen MR) is 114 cm³/mol. The maximum absolute atomic E-state index is 14.2. The predicted octanol–water partition coefficient (Wildman–Crippen LogP) is 3.40. The van der Waals surface area contributed by atoms with Gasteiger partial charge in [-0.15, -0.1) is 0 Å². The number of aromatic hydroxyl groups is 2. The monoisotopic (exact) mass is 441 g/mol. The molecule has 1 saturated heterocycles. The molecule has 0 aliphatic carbocycles. The molecule has 2 aliphatic rings. The second-order valence-corrected chi connectivity index (χ2v) is 8.55. The summed E-state index contributed by atoms with van der Waals surface area (Å²) in [6, 6.07) is 12.3. The minimum Gasteiger partial charge on any atom is -0.494 e. The number of nitrogens with zero attached hydrogens (tertiary/aromatic N) is 2. The number of nitrogens with two attached hydrogens (primary N) is 1. The number of ether oxygens (including phenoxy) is 1. The molecule has 3 aromatic rings. The third-order valence-electron chi connectivity index (χ3n) is 6.50. The standard InChI is InChI=1S/C24H25F2N3O3/c25-15-6-7-20(26)17(8-15)22-21(27)9-16(13-32-22)28-11-18-19(12-28)24(31)29(23(18)30)10-14-4-2-1-3-5-14/h1-8,16,21-22,30-31H,9-13,27H2. The van der Waals surface area contributed by atoms with Gasteiger partial charge < -0.3 is 20.7 Å². The lowest BCUT2D eigenvalue weighted by Crippen LogP contribution is -2.47. The van der Waals surface area contributed by atoms with Crippen LogP contribution in [0.25, 0.3) is 0 Å². The number of hydrogen-bond acceptors (Lipinski definition) is 5. The van der Waals surface area contributed by atoms with Crippen LogP contribution >= 0.6 is 0 Å². The molecular weight excluding hydrogens is 416 g/mol. The second-order valence-electron chi connectivity index (χ2n) is 8.55. The summed E-state index contributed by atoms with van der Waals surface area (Å²) in [5, 5.41) is 21.5. The molecule has 2 aliphatic heterocycles. The smallest absolute Gasteiger partial charge is 0.199 e. The molecule has 1 aromatic heterocycles. The van der Waals surface area contributed by atoms with Gasteiger partial charge >= 0.3 is 0 Å². The molecule has 6 nitrogen and oxygen atoms in total. The summed E-state index contributed by atoms with van der Waals surface area (Å²) >= 11 is 0. The normalized spacial score (nSPS) is 23.4. The number of aromatic nitrogens is 1. The molecule has 0 bridgehead atoms. The van der Waals surface area contributed by atoms with Gasteiger partial charge in [-0.25, -0.2) is 8.78 Å². The fraction of sp³-hybridized carbons (Fsp3) is 0.333. The van der Waals surface area contributed by atoms with Crippen LogP contribution in [0.4, 0.5) is 8.78 Å². The van der Waals surface area contributed by atoms with E-state index in [0.717, 1.165) is 23.8 Å². The molecule has 3 heterocycles. The van der Waals surface area contributed by atoms with E-state index in [2.05, 4.69) is 4.90 Å². The van der Waals surface area contributed by atoms with Crippen LogP contribution in [-0.2, 0) is 24.4 Å². The molecule has 1 fully saturated rings. The molecule has 168 valence electrons. The van der Waals surface area contributed by atoms with E-state index >= 15 is 0 Å². The Morgan fingerprint density at radius 1 is 1.00 bits per heavy atom. The lowest BCUT2D eigenvalue weighted by atomic mass is 9.93. The van der Waals surface area contributed by atoms with Gasteiger partial charge in [0, 0.05) is 41.9 Å². The zero-order valence-corrected chi connectivity index (χ0v) is 17.4. The maximum Gasteiger partial charge on any atom is 0.199 e. The van der Waals surface area contributed by atoms with Crippen molar-refractivity contribution in [2.24, 2.45) is 5.73 Å². The third kappa shape index (κ3) is 3.64. The molecule has 4 N–H and O–H groups in total. The fourth-order valence-corrected chi connectivity index (χ4v) is 4.82. The molecule has 8 heteroatoms. The molecule has 0 saturated carbocycles. The van der Waals surface area contributed by atoms with Crippen LogP contribution in [0.5, 0.6) is 11.8 Å². The van der Waals surface area contributed by atoms with E-state index in [4.69, 9.17) is 10.5 Å². The first-order valence-corrected chi connectivity index (χ1v) is 10.6. The SMILES string of the molecule is NC1CC(N2Cc3c(c(O)n(Cc4ccccc4)c3O)C2)COC1c1cc(F)ccc1F. The van der Waals surface area contributed by atoms with Crippen molar-refractivity contribution < 1.29 is 23.7 Å². The topological polar surface area (TPSA) is 83.9 Å². The van der Waals surface area contributed by atoms with Gasteiger partial charge in [-0.3, -0.25) is 9.47 Å². The van der Waals surface area contributed by atoms with Crippen molar-refractivity contribution in [1.82, 2.24) is 9.47 Å². The van der Waals surface area contributed by atoms with Crippen LogP contribution < -0.4 is 5.73 Å². The van der Waals surface area contributed by atoms with Crippen molar-refractivity contribution in [3.63, 3.8) is 0 Å². The number of halogens is 2. The lowest BCUT2D eigenvalue weighted by Gasteiger charge is -2.38. The molecule has 0 spiro atoms. The van der Waals surface area contributed by atoms with Gasteiger partial charge in [-0.1, -0.05) is 30.3 Å². The van der Waals surface area contributed by atoms with Crippen LogP contribution in [0.1, 0.15) is 34.8 Å². The van der Waals surface area contributed by atoms with Crippen molar-refractivity contribution in [3.8, 4) is 11.8 Å². The van der Waals surface area contributed by atoms with E-state index in [-0.39, 0.29) is 23.4 Å². The highest BCUT2D eigenvalue weighted by Gasteiger charge is 2.39. The van der Waals surface area contributed by atoms with Gasteiger partial charge in [0.1, 0.15) is 17.7 Å². The van der Waals surface area contributed by atoms with E-state index < -0.39 is 23.8 Å². The van der Waals surface area contributed by atoms with Crippen molar-refractivity contribution in [2.75, 3.05) is 6.61 Å². The van der Waals surface area contributed by atoms with Crippen LogP contribution in [-0.4, -0.2) is 38.4 Å². The summed E-state index contributed by atoms with van der Waals surface area (Å²) in [6.45, 7) is 1.58. The fourth-order valence-electron chi connectivity index (χ4n) is 4.82. The van der Waals surface area contributed by atoms with Crippen molar-refractivity contribution in [1.29, 1.82) is 0 Å². The van der Waals surface area contributed by atoms with Crippen LogP contribution in [0.2, 0.25) is 0 Å². The highest BCUT2D eigenvalue weighted by Crippen LogP contribution is 2.42. The van der Waals surface area contributed by atoms with Gasteiger partial charge in [0.15, 0.2) is 11.8 Å². The van der Waals surface area contributed by atoms with Gasteiger partial charge in [-0.2, -0.15) is 0 Å². The first-order valence-electron chi connectivity index (χ1n) is 10.6. The summed E-state index contributed by atoms with van der Waals surface area (Å²) in [7, 11) is 0. The number of rotatable bonds is 4. The van der Waals surface area contributed by atoms with Crippen molar-refractivity contribution in [3.05, 3.63) is 82.4 Å². The highest BCUT2D eigenvalue weighted by atomic mass is 19.1. The Morgan fingerprint density at radius 3 is 2.34 bits per heavy atom. The van der Waals surface area contributed by atoms with E-state index in [0.29, 0.717) is 43.8 Å². The van der Waals surface area contributed by atoms with E-state index in [1.54, 1.807) is 0 Å². The van der Waals surface area contributed by atoms with Crippen LogP contribution in [0.3, 0.4) is 0 Å². The zero-order chi connectivity index (χ0) is 22.4. The van der Waals surface area contributed by atoms with Gasteiger partial charge in [0.25, 0.3) is 0 Å².